The molecule has 3 N–H and O–H groups in total. The fourth-order valence-electron chi connectivity index (χ4n) is 2.13. The summed E-state index contributed by atoms with van der Waals surface area (Å²) in [6.07, 6.45) is 1.42. The number of carboxylic acids is 1. The van der Waals surface area contributed by atoms with Gasteiger partial charge in [-0.15, -0.1) is 0 Å². The van der Waals surface area contributed by atoms with Crippen LogP contribution in [-0.2, 0) is 11.3 Å². The number of aromatic nitrogens is 3. The minimum Gasteiger partial charge on any atom is -0.477 e. The van der Waals surface area contributed by atoms with E-state index in [2.05, 4.69) is 30.7 Å². The van der Waals surface area contributed by atoms with Crippen LogP contribution in [0.2, 0.25) is 0 Å². The summed E-state index contributed by atoms with van der Waals surface area (Å²) >= 11 is 3.16. The first-order chi connectivity index (χ1) is 12.8. The summed E-state index contributed by atoms with van der Waals surface area (Å²) in [6, 6.07) is 6.01. The lowest BCUT2D eigenvalue weighted by atomic mass is 10.1. The highest BCUT2D eigenvalue weighted by molar-refractivity contribution is 9.10. The number of esters is 1. The third-order valence-corrected chi connectivity index (χ3v) is 4.06. The van der Waals surface area contributed by atoms with E-state index in [0.717, 1.165) is 11.6 Å². The maximum atomic E-state index is 12.6. The van der Waals surface area contributed by atoms with Crippen molar-refractivity contribution < 1.29 is 23.8 Å². The van der Waals surface area contributed by atoms with Crippen LogP contribution in [0.1, 0.15) is 32.1 Å². The van der Waals surface area contributed by atoms with E-state index in [1.54, 1.807) is 19.1 Å². The molecule has 0 bridgehead atoms. The van der Waals surface area contributed by atoms with Gasteiger partial charge in [-0.2, -0.15) is 5.10 Å². The average molecular weight is 439 g/mol. The van der Waals surface area contributed by atoms with Crippen LogP contribution in [0.25, 0.3) is 5.65 Å². The second-order valence-corrected chi connectivity index (χ2v) is 6.19. The highest BCUT2D eigenvalue weighted by Crippen LogP contribution is 2.18. The van der Waals surface area contributed by atoms with Crippen molar-refractivity contribution in [1.29, 1.82) is 0 Å². The highest BCUT2D eigenvalue weighted by Gasteiger charge is 2.18. The number of methoxy groups -OCH3 is 1. The first-order valence-corrected chi connectivity index (χ1v) is 8.38. The molecule has 0 atom stereocenters. The molecule has 0 radical (unpaired) electrons. The van der Waals surface area contributed by atoms with Crippen LogP contribution in [0.4, 0.5) is 4.39 Å². The predicted molar refractivity (Wildman–Crippen MR) is 98.0 cm³/mol. The zero-order valence-corrected chi connectivity index (χ0v) is 16.0. The molecule has 0 saturated carbocycles. The van der Waals surface area contributed by atoms with Crippen molar-refractivity contribution in [3.8, 4) is 0 Å². The maximum absolute atomic E-state index is 12.6. The molecule has 0 spiro atoms. The van der Waals surface area contributed by atoms with Gasteiger partial charge in [0.2, 0.25) is 0 Å². The number of nitrogens with zero attached hydrogens (tertiary/aromatic N) is 3. The number of halogens is 2. The second-order valence-electron chi connectivity index (χ2n) is 5.34. The number of rotatable bonds is 3. The molecule has 1 aromatic carbocycles. The normalized spacial score (nSPS) is 10.3. The molecule has 0 amide bonds. The number of carbonyl (C=O) groups is 2. The molecular weight excluding hydrogens is 423 g/mol. The first kappa shape index (κ1) is 20.5. The number of carboxylic acid groups (broad SMARTS) is 1. The van der Waals surface area contributed by atoms with E-state index < -0.39 is 11.9 Å². The van der Waals surface area contributed by atoms with E-state index in [-0.39, 0.29) is 22.9 Å². The molecule has 27 heavy (non-hydrogen) atoms. The molecule has 0 saturated heterocycles. The summed E-state index contributed by atoms with van der Waals surface area (Å²) in [7, 11) is 1.20. The van der Waals surface area contributed by atoms with E-state index in [1.807, 2.05) is 0 Å². The largest absolute Gasteiger partial charge is 0.477 e. The number of hydrogen-bond acceptors (Lipinski definition) is 6. The molecule has 3 aromatic rings. The third-order valence-electron chi connectivity index (χ3n) is 3.50. The molecule has 10 heteroatoms. The molecule has 0 aliphatic heterocycles. The van der Waals surface area contributed by atoms with Crippen molar-refractivity contribution in [2.45, 2.75) is 13.5 Å². The Balaban J connectivity index is 0.000000223. The lowest BCUT2D eigenvalue weighted by Gasteiger charge is -2.03. The standard InChI is InChI=1S/C9H6BrN3O4.C8H10FN/c1-17-9(16)6-2-5(8(14)15)12-7-4(10)3-11-13(6)7;1-6-4-7(5-10)2-3-8(6)9/h2-3H,1H3,(H,14,15);2-4H,5,10H2,1H3. The smallest absolute Gasteiger partial charge is 0.356 e. The minimum atomic E-state index is -1.23. The number of hydrogen-bond donors (Lipinski definition) is 2. The summed E-state index contributed by atoms with van der Waals surface area (Å²) in [5, 5.41) is 12.8. The third kappa shape index (κ3) is 4.66. The van der Waals surface area contributed by atoms with Gasteiger partial charge in [0, 0.05) is 12.6 Å². The average Bonchev–Trinajstić information content (AvgIpc) is 3.04. The number of aromatic carboxylic acids is 1. The SMILES string of the molecule is COC(=O)c1cc(C(=O)O)nc2c(Br)cnn12.Cc1cc(CN)ccc1F. The van der Waals surface area contributed by atoms with Crippen LogP contribution in [0.15, 0.2) is 34.9 Å². The fourth-order valence-corrected chi connectivity index (χ4v) is 2.48. The molecule has 0 aliphatic rings. The second kappa shape index (κ2) is 8.69. The van der Waals surface area contributed by atoms with E-state index in [1.165, 1.54) is 23.9 Å². The van der Waals surface area contributed by atoms with E-state index in [0.29, 0.717) is 16.6 Å². The molecule has 0 unspecified atom stereocenters. The van der Waals surface area contributed by atoms with Crippen LogP contribution in [-0.4, -0.2) is 38.8 Å². The minimum absolute atomic E-state index is 0.000556. The highest BCUT2D eigenvalue weighted by atomic mass is 79.9. The Bertz CT molecular complexity index is 1010. The Labute approximate surface area is 161 Å². The van der Waals surface area contributed by atoms with E-state index in [4.69, 9.17) is 10.8 Å². The van der Waals surface area contributed by atoms with Crippen LogP contribution in [0.5, 0.6) is 0 Å². The number of benzene rings is 1. The summed E-state index contributed by atoms with van der Waals surface area (Å²) in [6.45, 7) is 2.20. The molecule has 0 aliphatic carbocycles. The Kier molecular flexibility index (Phi) is 6.59. The number of aryl methyl sites for hydroxylation is 1. The number of fused-ring (bicyclic) bond motifs is 1. The summed E-state index contributed by atoms with van der Waals surface area (Å²) < 4.78 is 18.8. The first-order valence-electron chi connectivity index (χ1n) is 7.59. The van der Waals surface area contributed by atoms with Gasteiger partial charge in [-0.3, -0.25) is 0 Å². The molecule has 0 fully saturated rings. The van der Waals surface area contributed by atoms with Gasteiger partial charge in [0.15, 0.2) is 17.0 Å². The molecule has 142 valence electrons. The Morgan fingerprint density at radius 3 is 2.63 bits per heavy atom. The van der Waals surface area contributed by atoms with Crippen molar-refractivity contribution in [1.82, 2.24) is 14.6 Å². The predicted octanol–water partition coefficient (Wildman–Crippen LogP) is 2.57. The van der Waals surface area contributed by atoms with Gasteiger partial charge in [-0.1, -0.05) is 12.1 Å². The monoisotopic (exact) mass is 438 g/mol. The lowest BCUT2D eigenvalue weighted by molar-refractivity contribution is 0.0590. The van der Waals surface area contributed by atoms with Crippen molar-refractivity contribution >= 4 is 33.5 Å². The lowest BCUT2D eigenvalue weighted by Crippen LogP contribution is -2.13. The summed E-state index contributed by atoms with van der Waals surface area (Å²) in [5.74, 6) is -2.08. The van der Waals surface area contributed by atoms with Crippen molar-refractivity contribution in [2.24, 2.45) is 5.73 Å². The van der Waals surface area contributed by atoms with Crippen molar-refractivity contribution in [2.75, 3.05) is 7.11 Å². The van der Waals surface area contributed by atoms with Gasteiger partial charge >= 0.3 is 11.9 Å². The van der Waals surface area contributed by atoms with Gasteiger partial charge in [0.1, 0.15) is 5.82 Å². The number of nitrogens with two attached hydrogens (primary N) is 1. The Hall–Kier alpha value is -2.85. The van der Waals surface area contributed by atoms with Crippen LogP contribution >= 0.6 is 15.9 Å². The van der Waals surface area contributed by atoms with Crippen molar-refractivity contribution in [3.05, 3.63) is 63.3 Å². The topological polar surface area (TPSA) is 120 Å². The van der Waals surface area contributed by atoms with E-state index in [9.17, 15) is 14.0 Å². The van der Waals surface area contributed by atoms with Crippen molar-refractivity contribution in [3.63, 3.8) is 0 Å². The molecule has 8 nitrogen and oxygen atoms in total. The van der Waals surface area contributed by atoms with Crippen LogP contribution < -0.4 is 5.73 Å². The molecule has 2 aromatic heterocycles. The van der Waals surface area contributed by atoms with Crippen LogP contribution in [0, 0.1) is 12.7 Å². The van der Waals surface area contributed by atoms with Gasteiger partial charge in [0.05, 0.1) is 17.8 Å². The quantitative estimate of drug-likeness (QED) is 0.602. The summed E-state index contributed by atoms with van der Waals surface area (Å²) in [4.78, 5) is 26.2. The molecule has 2 heterocycles. The molecular formula is C17H16BrFN4O4. The Morgan fingerprint density at radius 2 is 2.07 bits per heavy atom. The molecule has 3 rings (SSSR count). The van der Waals surface area contributed by atoms with Gasteiger partial charge in [-0.05, 0) is 40.0 Å². The number of ether oxygens (including phenoxy) is 1. The Morgan fingerprint density at radius 1 is 1.37 bits per heavy atom. The van der Waals surface area contributed by atoms with Gasteiger partial charge in [-0.25, -0.2) is 23.5 Å². The van der Waals surface area contributed by atoms with E-state index >= 15 is 0 Å². The summed E-state index contributed by atoms with van der Waals surface area (Å²) in [5.41, 5.74) is 6.96. The fraction of sp³-hybridized carbons (Fsp3) is 0.176. The van der Waals surface area contributed by atoms with Gasteiger partial charge in [0.25, 0.3) is 0 Å². The zero-order chi connectivity index (χ0) is 20.1. The maximum Gasteiger partial charge on any atom is 0.356 e. The number of carbonyl (C=O) groups excluding carboxylic acids is 1. The zero-order valence-electron chi connectivity index (χ0n) is 14.4. The van der Waals surface area contributed by atoms with Crippen LogP contribution in [0.3, 0.4) is 0 Å². The van der Waals surface area contributed by atoms with Gasteiger partial charge < -0.3 is 15.6 Å².